The number of aromatic nitrogens is 1. The molecule has 2 rings (SSSR count). The van der Waals surface area contributed by atoms with Crippen molar-refractivity contribution in [3.8, 4) is 0 Å². The van der Waals surface area contributed by atoms with E-state index in [0.29, 0.717) is 10.6 Å². The van der Waals surface area contributed by atoms with Crippen LogP contribution in [-0.2, 0) is 0 Å². The molecule has 0 saturated heterocycles. The third-order valence-electron chi connectivity index (χ3n) is 2.76. The van der Waals surface area contributed by atoms with Crippen LogP contribution in [0.3, 0.4) is 0 Å². The Hall–Kier alpha value is -1.45. The maximum atomic E-state index is 13.3. The van der Waals surface area contributed by atoms with Crippen LogP contribution in [-0.4, -0.2) is 4.98 Å². The number of aryl methyl sites for hydroxylation is 2. The molecule has 4 heteroatoms. The predicted molar refractivity (Wildman–Crippen MR) is 71.2 cm³/mol. The highest BCUT2D eigenvalue weighted by atomic mass is 35.5. The number of nitrogens with zero attached hydrogens (tertiary/aromatic N) is 1. The lowest BCUT2D eigenvalue weighted by molar-refractivity contribution is 0.623. The molecule has 0 radical (unpaired) electrons. The van der Waals surface area contributed by atoms with Crippen molar-refractivity contribution >= 4 is 11.6 Å². The van der Waals surface area contributed by atoms with E-state index in [2.05, 4.69) is 4.98 Å². The van der Waals surface area contributed by atoms with E-state index in [4.69, 9.17) is 17.3 Å². The molecule has 0 bridgehead atoms. The van der Waals surface area contributed by atoms with Crippen LogP contribution in [0.2, 0.25) is 5.02 Å². The molecule has 0 fully saturated rings. The van der Waals surface area contributed by atoms with Gasteiger partial charge in [0.25, 0.3) is 0 Å². The minimum atomic E-state index is -0.450. The Morgan fingerprint density at radius 3 is 2.39 bits per heavy atom. The third kappa shape index (κ3) is 2.68. The number of hydrogen-bond donors (Lipinski definition) is 1. The summed E-state index contributed by atoms with van der Waals surface area (Å²) >= 11 is 6.06. The average Bonchev–Trinajstić information content (AvgIpc) is 2.30. The van der Waals surface area contributed by atoms with Crippen LogP contribution in [0, 0.1) is 19.7 Å². The van der Waals surface area contributed by atoms with Gasteiger partial charge >= 0.3 is 0 Å². The molecule has 1 heterocycles. The van der Waals surface area contributed by atoms with Gasteiger partial charge < -0.3 is 5.73 Å². The second-order valence-corrected chi connectivity index (χ2v) is 4.73. The van der Waals surface area contributed by atoms with E-state index in [0.717, 1.165) is 17.0 Å². The molecule has 94 valence electrons. The van der Waals surface area contributed by atoms with E-state index in [1.165, 1.54) is 18.2 Å². The Morgan fingerprint density at radius 1 is 1.17 bits per heavy atom. The first kappa shape index (κ1) is 13.0. The normalized spacial score (nSPS) is 12.5. The molecule has 0 amide bonds. The quantitative estimate of drug-likeness (QED) is 0.901. The fourth-order valence-corrected chi connectivity index (χ4v) is 2.21. The molecule has 18 heavy (non-hydrogen) atoms. The van der Waals surface area contributed by atoms with Gasteiger partial charge in [-0.2, -0.15) is 0 Å². The lowest BCUT2D eigenvalue weighted by atomic mass is 9.99. The molecule has 0 aliphatic rings. The van der Waals surface area contributed by atoms with Crippen molar-refractivity contribution in [2.75, 3.05) is 0 Å². The van der Waals surface area contributed by atoms with Crippen LogP contribution in [0.5, 0.6) is 0 Å². The minimum Gasteiger partial charge on any atom is -0.320 e. The molecule has 2 N–H and O–H groups in total. The summed E-state index contributed by atoms with van der Waals surface area (Å²) < 4.78 is 13.3. The molecule has 0 saturated carbocycles. The van der Waals surface area contributed by atoms with Gasteiger partial charge in [-0.3, -0.25) is 4.98 Å². The molecule has 0 aliphatic heterocycles. The molecular formula is C14H14ClFN2. The molecule has 1 atom stereocenters. The van der Waals surface area contributed by atoms with Crippen molar-refractivity contribution in [2.24, 2.45) is 5.73 Å². The zero-order valence-electron chi connectivity index (χ0n) is 10.2. The van der Waals surface area contributed by atoms with E-state index in [1.54, 1.807) is 0 Å². The van der Waals surface area contributed by atoms with Gasteiger partial charge in [-0.05, 0) is 55.3 Å². The van der Waals surface area contributed by atoms with Gasteiger partial charge in [0.2, 0.25) is 0 Å². The second kappa shape index (κ2) is 5.04. The van der Waals surface area contributed by atoms with E-state index >= 15 is 0 Å². The largest absolute Gasteiger partial charge is 0.320 e. The SMILES string of the molecule is Cc1cc(C(N)c2cc(F)ccc2Cl)cc(C)n1. The van der Waals surface area contributed by atoms with Crippen molar-refractivity contribution in [1.82, 2.24) is 4.98 Å². The van der Waals surface area contributed by atoms with Crippen LogP contribution >= 0.6 is 11.6 Å². The Morgan fingerprint density at radius 2 is 1.78 bits per heavy atom. The minimum absolute atomic E-state index is 0.340. The fraction of sp³-hybridized carbons (Fsp3) is 0.214. The van der Waals surface area contributed by atoms with Gasteiger partial charge in [-0.25, -0.2) is 4.39 Å². The topological polar surface area (TPSA) is 38.9 Å². The van der Waals surface area contributed by atoms with Gasteiger partial charge in [-0.1, -0.05) is 11.6 Å². The fourth-order valence-electron chi connectivity index (χ4n) is 1.98. The maximum absolute atomic E-state index is 13.3. The van der Waals surface area contributed by atoms with Gasteiger partial charge in [0.05, 0.1) is 6.04 Å². The van der Waals surface area contributed by atoms with Gasteiger partial charge in [0, 0.05) is 16.4 Å². The number of hydrogen-bond acceptors (Lipinski definition) is 2. The third-order valence-corrected chi connectivity index (χ3v) is 3.10. The maximum Gasteiger partial charge on any atom is 0.123 e. The molecule has 0 aliphatic carbocycles. The van der Waals surface area contributed by atoms with Gasteiger partial charge in [-0.15, -0.1) is 0 Å². The lowest BCUT2D eigenvalue weighted by Gasteiger charge is -2.15. The number of pyridine rings is 1. The molecule has 1 aromatic carbocycles. The zero-order valence-corrected chi connectivity index (χ0v) is 11.0. The molecule has 2 nitrogen and oxygen atoms in total. The molecular weight excluding hydrogens is 251 g/mol. The Balaban J connectivity index is 2.47. The van der Waals surface area contributed by atoms with Crippen LogP contribution in [0.1, 0.15) is 28.6 Å². The molecule has 1 aromatic heterocycles. The van der Waals surface area contributed by atoms with Crippen molar-refractivity contribution in [3.05, 3.63) is 63.7 Å². The number of halogens is 2. The van der Waals surface area contributed by atoms with Crippen LogP contribution in [0.15, 0.2) is 30.3 Å². The summed E-state index contributed by atoms with van der Waals surface area (Å²) in [5.74, 6) is -0.340. The Bertz CT molecular complexity index is 564. The van der Waals surface area contributed by atoms with Crippen LogP contribution in [0.25, 0.3) is 0 Å². The number of rotatable bonds is 2. The van der Waals surface area contributed by atoms with E-state index < -0.39 is 6.04 Å². The highest BCUT2D eigenvalue weighted by molar-refractivity contribution is 6.31. The van der Waals surface area contributed by atoms with E-state index in [1.807, 2.05) is 26.0 Å². The Labute approximate surface area is 111 Å². The summed E-state index contributed by atoms with van der Waals surface area (Å²) in [4.78, 5) is 4.29. The summed E-state index contributed by atoms with van der Waals surface area (Å²) in [6.07, 6.45) is 0. The summed E-state index contributed by atoms with van der Waals surface area (Å²) in [6, 6.07) is 7.54. The standard InChI is InChI=1S/C14H14ClFN2/c1-8-5-10(6-9(2)18-8)14(17)12-7-11(16)3-4-13(12)15/h3-7,14H,17H2,1-2H3. The lowest BCUT2D eigenvalue weighted by Crippen LogP contribution is -2.13. The first-order valence-electron chi connectivity index (χ1n) is 5.63. The smallest absolute Gasteiger partial charge is 0.123 e. The average molecular weight is 265 g/mol. The summed E-state index contributed by atoms with van der Waals surface area (Å²) in [7, 11) is 0. The van der Waals surface area contributed by atoms with E-state index in [-0.39, 0.29) is 5.82 Å². The Kier molecular flexibility index (Phi) is 3.64. The second-order valence-electron chi connectivity index (χ2n) is 4.33. The van der Waals surface area contributed by atoms with Crippen molar-refractivity contribution in [2.45, 2.75) is 19.9 Å². The van der Waals surface area contributed by atoms with Crippen molar-refractivity contribution < 1.29 is 4.39 Å². The van der Waals surface area contributed by atoms with Gasteiger partial charge in [0.1, 0.15) is 5.82 Å². The highest BCUT2D eigenvalue weighted by Crippen LogP contribution is 2.27. The van der Waals surface area contributed by atoms with Crippen molar-refractivity contribution in [3.63, 3.8) is 0 Å². The first-order chi connectivity index (χ1) is 8.47. The molecule has 1 unspecified atom stereocenters. The highest BCUT2D eigenvalue weighted by Gasteiger charge is 2.14. The summed E-state index contributed by atoms with van der Waals surface area (Å²) in [5.41, 5.74) is 9.38. The first-order valence-corrected chi connectivity index (χ1v) is 6.01. The van der Waals surface area contributed by atoms with Crippen LogP contribution < -0.4 is 5.73 Å². The van der Waals surface area contributed by atoms with Crippen molar-refractivity contribution in [1.29, 1.82) is 0 Å². The summed E-state index contributed by atoms with van der Waals surface area (Å²) in [5, 5.41) is 0.469. The summed E-state index contributed by atoms with van der Waals surface area (Å²) in [6.45, 7) is 3.80. The number of nitrogens with two attached hydrogens (primary N) is 1. The molecule has 2 aromatic rings. The monoisotopic (exact) mass is 264 g/mol. The predicted octanol–water partition coefficient (Wildman–Crippen LogP) is 3.54. The zero-order chi connectivity index (χ0) is 13.3. The van der Waals surface area contributed by atoms with Crippen LogP contribution in [0.4, 0.5) is 4.39 Å². The van der Waals surface area contributed by atoms with Gasteiger partial charge in [0.15, 0.2) is 0 Å². The van der Waals surface area contributed by atoms with E-state index in [9.17, 15) is 4.39 Å². The number of benzene rings is 1. The molecule has 0 spiro atoms.